The van der Waals surface area contributed by atoms with Crippen molar-refractivity contribution in [3.05, 3.63) is 194 Å². The van der Waals surface area contributed by atoms with Crippen molar-refractivity contribution in [1.82, 2.24) is 79.7 Å². The van der Waals surface area contributed by atoms with Crippen LogP contribution in [0.5, 0.6) is 0 Å². The second-order valence-electron chi connectivity index (χ2n) is 19.6. The quantitative estimate of drug-likeness (QED) is 0.111. The maximum Gasteiger partial charge on any atom is 0.164 e. The van der Waals surface area contributed by atoms with Crippen LogP contribution >= 0.6 is 0 Å². The molecule has 16 bridgehead atoms. The Kier molecular flexibility index (Phi) is 10.3. The van der Waals surface area contributed by atoms with Crippen molar-refractivity contribution < 1.29 is 16.8 Å². The molecule has 18 rings (SSSR count). The minimum Gasteiger partial charge on any atom is -0.324 e. The van der Waals surface area contributed by atoms with Gasteiger partial charge in [-0.3, -0.25) is 0 Å². The van der Waals surface area contributed by atoms with E-state index in [4.69, 9.17) is 59.8 Å². The van der Waals surface area contributed by atoms with Gasteiger partial charge in [-0.1, -0.05) is 194 Å². The van der Waals surface area contributed by atoms with E-state index < -0.39 is 0 Å². The summed E-state index contributed by atoms with van der Waals surface area (Å²) in [5, 5.41) is 7.64. The third kappa shape index (κ3) is 7.37. The molecule has 0 aliphatic carbocycles. The summed E-state index contributed by atoms with van der Waals surface area (Å²) < 4.78 is 0. The van der Waals surface area contributed by atoms with Gasteiger partial charge in [-0.2, -0.15) is 0 Å². The molecule has 0 atom stereocenters. The Morgan fingerprint density at radius 3 is 0.420 bits per heavy atom. The van der Waals surface area contributed by atoms with Crippen LogP contribution in [0.15, 0.2) is 194 Å². The zero-order chi connectivity index (χ0) is 52.4. The fourth-order valence-electron chi connectivity index (χ4n) is 11.2. The molecule has 0 fully saturated rings. The second kappa shape index (κ2) is 18.0. The van der Waals surface area contributed by atoms with Crippen LogP contribution in [0.1, 0.15) is 0 Å². The number of nitrogens with zero attached hydrogens (tertiary/aromatic N) is 12. The first-order chi connectivity index (χ1) is 39.6. The van der Waals surface area contributed by atoms with E-state index in [1.807, 2.05) is 194 Å². The smallest absolute Gasteiger partial charge is 0.164 e. The summed E-state index contributed by atoms with van der Waals surface area (Å²) in [6.45, 7) is 0. The van der Waals surface area contributed by atoms with Crippen LogP contribution in [0.25, 0.3) is 179 Å². The van der Waals surface area contributed by atoms with Gasteiger partial charge in [0.1, 0.15) is 45.2 Å². The van der Waals surface area contributed by atoms with Crippen LogP contribution in [0.3, 0.4) is 0 Å². The van der Waals surface area contributed by atoms with Crippen molar-refractivity contribution in [3.63, 3.8) is 0 Å². The maximum atomic E-state index is 5.02. The van der Waals surface area contributed by atoms with E-state index in [1.165, 1.54) is 0 Å². The molecule has 8 aromatic carbocycles. The van der Waals surface area contributed by atoms with Crippen molar-refractivity contribution in [2.24, 2.45) is 0 Å². The Hall–Kier alpha value is -11.0. The van der Waals surface area contributed by atoms with Crippen LogP contribution in [0.2, 0.25) is 0 Å². The minimum atomic E-state index is 0. The molecule has 16 nitrogen and oxygen atoms in total. The topological polar surface area (TPSA) is 218 Å². The van der Waals surface area contributed by atoms with Crippen molar-refractivity contribution in [2.75, 3.05) is 0 Å². The number of hydrogen-bond acceptors (Lipinski definition) is 12. The van der Waals surface area contributed by atoms with Gasteiger partial charge in [0.25, 0.3) is 0 Å². The molecule has 0 amide bonds. The van der Waals surface area contributed by atoms with Crippen molar-refractivity contribution in [1.29, 1.82) is 0 Å². The number of rotatable bonds is 0. The Labute approximate surface area is 467 Å². The molecule has 0 saturated heterocycles. The third-order valence-electron chi connectivity index (χ3n) is 14.9. The SMILES string of the molecule is [Co].c1ccc2c(c1)-c1nc-2nc2[nH]c(nc3nc(nc4[nH]c(n1)c1ccccc41)-c1ccccc1-3)c1ccccc21.c1ccc2c(c1)-c1nc-2nc2[nH]c(nc3nc(nc4[nH]c(n1)c1ccccc41)-c1ccccc1-3)c1ccccc21. The zero-order valence-corrected chi connectivity index (χ0v) is 43.2. The molecule has 4 aliphatic heterocycles. The molecule has 0 spiro atoms. The Bertz CT molecular complexity index is 4390. The van der Waals surface area contributed by atoms with Gasteiger partial charge in [-0.15, -0.1) is 0 Å². The monoisotopic (exact) mass is 1090 g/mol. The first-order valence-corrected chi connectivity index (χ1v) is 26.0. The molecular weight excluding hydrogens is 1050 g/mol. The van der Waals surface area contributed by atoms with Crippen LogP contribution in [0, 0.1) is 0 Å². The normalized spacial score (nSPS) is 11.9. The standard InChI is InChI=1S/2C32H18N8.Co/c2*1-2-10-18-17(9-1)25-33-26(18)38-28-21-13-5-6-14-22(21)30(35-28)40-32-24-16-8-7-15-23(24)31(36-32)39-29-20-12-4-3-11-19(20)27(34-29)37-25;/h2*1-16H,(H2,33,34,35,36,37,38,39,40);. The molecule has 381 valence electrons. The van der Waals surface area contributed by atoms with E-state index in [0.717, 1.165) is 87.6 Å². The van der Waals surface area contributed by atoms with Crippen LogP contribution in [-0.4, -0.2) is 79.7 Å². The first kappa shape index (κ1) is 46.1. The summed E-state index contributed by atoms with van der Waals surface area (Å²) in [6, 6.07) is 64.5. The van der Waals surface area contributed by atoms with Crippen molar-refractivity contribution in [3.8, 4) is 91.1 Å². The number of benzene rings is 8. The summed E-state index contributed by atoms with van der Waals surface area (Å²) in [7, 11) is 0. The van der Waals surface area contributed by atoms with Gasteiger partial charge in [0.05, 0.1) is 0 Å². The molecule has 14 aromatic rings. The summed E-state index contributed by atoms with van der Waals surface area (Å²) in [4.78, 5) is 73.5. The molecule has 0 unspecified atom stereocenters. The van der Waals surface area contributed by atoms with Crippen LogP contribution < -0.4 is 0 Å². The predicted molar refractivity (Wildman–Crippen MR) is 312 cm³/mol. The summed E-state index contributed by atoms with van der Waals surface area (Å²) >= 11 is 0. The zero-order valence-electron chi connectivity index (χ0n) is 42.2. The van der Waals surface area contributed by atoms with E-state index >= 15 is 0 Å². The summed E-state index contributed by atoms with van der Waals surface area (Å²) in [5.74, 6) is 4.78. The van der Waals surface area contributed by atoms with Gasteiger partial charge in [-0.05, 0) is 0 Å². The van der Waals surface area contributed by atoms with Gasteiger partial charge >= 0.3 is 0 Å². The van der Waals surface area contributed by atoms with Gasteiger partial charge in [0, 0.05) is 104 Å². The number of fused-ring (bicyclic) bond motifs is 40. The molecule has 81 heavy (non-hydrogen) atoms. The van der Waals surface area contributed by atoms with Gasteiger partial charge in [0.15, 0.2) is 46.6 Å². The fourth-order valence-corrected chi connectivity index (χ4v) is 11.2. The third-order valence-corrected chi connectivity index (χ3v) is 14.9. The molecule has 0 saturated carbocycles. The maximum absolute atomic E-state index is 5.02. The predicted octanol–water partition coefficient (Wildman–Crippen LogP) is 13.7. The number of nitrogens with one attached hydrogen (secondary N) is 4. The van der Waals surface area contributed by atoms with Crippen LogP contribution in [0.4, 0.5) is 0 Å². The fraction of sp³-hybridized carbons (Fsp3) is 0. The molecule has 17 heteroatoms. The van der Waals surface area contributed by atoms with E-state index in [-0.39, 0.29) is 16.8 Å². The van der Waals surface area contributed by atoms with E-state index in [1.54, 1.807) is 0 Å². The second-order valence-corrected chi connectivity index (χ2v) is 19.6. The first-order valence-electron chi connectivity index (χ1n) is 26.0. The van der Waals surface area contributed by atoms with Crippen molar-refractivity contribution >= 4 is 88.3 Å². The van der Waals surface area contributed by atoms with E-state index in [0.29, 0.717) is 91.8 Å². The van der Waals surface area contributed by atoms with Gasteiger partial charge < -0.3 is 19.9 Å². The summed E-state index contributed by atoms with van der Waals surface area (Å²) in [6.07, 6.45) is 0. The number of H-pyrrole nitrogens is 4. The molecular formula is C64H36CoN16. The Balaban J connectivity index is 0.000000132. The largest absolute Gasteiger partial charge is 0.324 e. The molecule has 6 aromatic heterocycles. The molecule has 4 N–H and O–H groups in total. The van der Waals surface area contributed by atoms with E-state index in [9.17, 15) is 0 Å². The molecule has 4 aliphatic rings. The number of aromatic nitrogens is 16. The Morgan fingerprint density at radius 1 is 0.160 bits per heavy atom. The molecule has 1 radical (unpaired) electrons. The van der Waals surface area contributed by atoms with Crippen molar-refractivity contribution in [2.45, 2.75) is 0 Å². The Morgan fingerprint density at radius 2 is 0.284 bits per heavy atom. The minimum absolute atomic E-state index is 0. The van der Waals surface area contributed by atoms with Crippen LogP contribution in [-0.2, 0) is 16.8 Å². The summed E-state index contributed by atoms with van der Waals surface area (Å²) in [5.41, 5.74) is 12.9. The average Bonchev–Trinajstić information content (AvgIpc) is 4.53. The molecule has 10 heterocycles. The number of aromatic amines is 4. The average molecular weight is 1090 g/mol. The van der Waals surface area contributed by atoms with E-state index in [2.05, 4.69) is 19.9 Å². The number of hydrogen-bond donors (Lipinski definition) is 4. The van der Waals surface area contributed by atoms with Gasteiger partial charge in [-0.25, -0.2) is 59.8 Å². The van der Waals surface area contributed by atoms with Gasteiger partial charge in [0.2, 0.25) is 0 Å².